The van der Waals surface area contributed by atoms with Crippen molar-refractivity contribution in [3.8, 4) is 0 Å². The van der Waals surface area contributed by atoms with Gasteiger partial charge in [-0.15, -0.1) is 0 Å². The molecule has 0 aromatic heterocycles. The van der Waals surface area contributed by atoms with Gasteiger partial charge in [0.25, 0.3) is 0 Å². The van der Waals surface area contributed by atoms with Crippen LogP contribution in [0.25, 0.3) is 0 Å². The van der Waals surface area contributed by atoms with Crippen LogP contribution in [0.15, 0.2) is 30.3 Å². The molecule has 0 bridgehead atoms. The summed E-state index contributed by atoms with van der Waals surface area (Å²) in [6.07, 6.45) is 1.49. The normalized spacial score (nSPS) is 13.9. The quantitative estimate of drug-likeness (QED) is 0.776. The molecule has 2 amide bonds. The smallest absolute Gasteiger partial charge is 0.407 e. The van der Waals surface area contributed by atoms with Crippen LogP contribution in [0, 0.1) is 0 Å². The summed E-state index contributed by atoms with van der Waals surface area (Å²) < 4.78 is 0. The second kappa shape index (κ2) is 8.79. The van der Waals surface area contributed by atoms with Gasteiger partial charge in [0, 0.05) is 19.6 Å². The van der Waals surface area contributed by atoms with Gasteiger partial charge in [-0.25, -0.2) is 9.59 Å². The molecule has 110 valence electrons. The summed E-state index contributed by atoms with van der Waals surface area (Å²) in [4.78, 5) is 21.8. The predicted molar refractivity (Wildman–Crippen MR) is 74.8 cm³/mol. The molecule has 0 spiro atoms. The average Bonchev–Trinajstić information content (AvgIpc) is 2.48. The van der Waals surface area contributed by atoms with E-state index in [0.29, 0.717) is 6.54 Å². The third-order valence-electron chi connectivity index (χ3n) is 2.91. The number of benzene rings is 1. The van der Waals surface area contributed by atoms with Crippen molar-refractivity contribution in [1.82, 2.24) is 10.2 Å². The zero-order chi connectivity index (χ0) is 14.8. The highest BCUT2D eigenvalue weighted by Gasteiger charge is 2.13. The fourth-order valence-electron chi connectivity index (χ4n) is 1.86. The van der Waals surface area contributed by atoms with Crippen molar-refractivity contribution in [2.75, 3.05) is 13.1 Å². The van der Waals surface area contributed by atoms with Gasteiger partial charge in [0.05, 0.1) is 0 Å². The van der Waals surface area contributed by atoms with Crippen LogP contribution < -0.4 is 5.32 Å². The third kappa shape index (κ3) is 6.63. The molecule has 20 heavy (non-hydrogen) atoms. The van der Waals surface area contributed by atoms with Crippen molar-refractivity contribution < 1.29 is 19.8 Å². The second-order valence-corrected chi connectivity index (χ2v) is 4.47. The molecule has 1 aliphatic rings. The maximum absolute atomic E-state index is 10.3. The van der Waals surface area contributed by atoms with Gasteiger partial charge in [0.15, 0.2) is 0 Å². The van der Waals surface area contributed by atoms with E-state index in [9.17, 15) is 9.59 Å². The van der Waals surface area contributed by atoms with Crippen molar-refractivity contribution in [2.24, 2.45) is 0 Å². The number of hydrogen-bond acceptors (Lipinski definition) is 2. The van der Waals surface area contributed by atoms with Crippen LogP contribution in [-0.4, -0.2) is 40.4 Å². The number of rotatable bonds is 2. The Hall–Kier alpha value is -2.24. The van der Waals surface area contributed by atoms with Gasteiger partial charge < -0.3 is 20.4 Å². The van der Waals surface area contributed by atoms with Gasteiger partial charge in [0.1, 0.15) is 0 Å². The van der Waals surface area contributed by atoms with Gasteiger partial charge in [-0.1, -0.05) is 30.3 Å². The van der Waals surface area contributed by atoms with Gasteiger partial charge >= 0.3 is 12.2 Å². The average molecular weight is 280 g/mol. The molecule has 6 nitrogen and oxygen atoms in total. The highest BCUT2D eigenvalue weighted by molar-refractivity contribution is 5.65. The first-order valence-electron chi connectivity index (χ1n) is 6.58. The van der Waals surface area contributed by atoms with Crippen molar-refractivity contribution in [3.05, 3.63) is 35.9 Å². The third-order valence-corrected chi connectivity index (χ3v) is 2.91. The van der Waals surface area contributed by atoms with Crippen molar-refractivity contribution in [1.29, 1.82) is 0 Å². The maximum Gasteiger partial charge on any atom is 0.407 e. The number of nitrogens with zero attached hydrogens (tertiary/aromatic N) is 1. The van der Waals surface area contributed by atoms with E-state index in [1.807, 2.05) is 30.3 Å². The lowest BCUT2D eigenvalue weighted by molar-refractivity contribution is 0.136. The lowest BCUT2D eigenvalue weighted by atomic mass is 10.1. The summed E-state index contributed by atoms with van der Waals surface area (Å²) >= 11 is 0. The summed E-state index contributed by atoms with van der Waals surface area (Å²) in [7, 11) is 0. The molecule has 1 aliphatic heterocycles. The molecule has 1 aromatic rings. The van der Waals surface area contributed by atoms with E-state index in [1.165, 1.54) is 11.3 Å². The molecular formula is C14H20N2O4. The highest BCUT2D eigenvalue weighted by Crippen LogP contribution is 2.07. The lowest BCUT2D eigenvalue weighted by Gasteiger charge is -2.22. The van der Waals surface area contributed by atoms with E-state index in [1.54, 1.807) is 0 Å². The number of carboxylic acid groups (broad SMARTS) is 2. The van der Waals surface area contributed by atoms with E-state index >= 15 is 0 Å². The number of amides is 2. The SMILES string of the molecule is O=C(O)N1CCCCC1.O=C(O)NCc1ccccc1. The van der Waals surface area contributed by atoms with Crippen LogP contribution in [0.5, 0.6) is 0 Å². The van der Waals surface area contributed by atoms with Crippen LogP contribution in [0.2, 0.25) is 0 Å². The fraction of sp³-hybridized carbons (Fsp3) is 0.429. The number of likely N-dealkylation sites (tertiary alicyclic amines) is 1. The molecule has 1 saturated heterocycles. The van der Waals surface area contributed by atoms with Crippen LogP contribution in [0.4, 0.5) is 9.59 Å². The van der Waals surface area contributed by atoms with E-state index in [2.05, 4.69) is 5.32 Å². The van der Waals surface area contributed by atoms with Gasteiger partial charge in [0.2, 0.25) is 0 Å². The zero-order valence-corrected chi connectivity index (χ0v) is 11.3. The van der Waals surface area contributed by atoms with Crippen LogP contribution in [0.3, 0.4) is 0 Å². The molecule has 2 rings (SSSR count). The van der Waals surface area contributed by atoms with E-state index in [-0.39, 0.29) is 0 Å². The van der Waals surface area contributed by atoms with Crippen LogP contribution >= 0.6 is 0 Å². The maximum atomic E-state index is 10.3. The molecule has 1 fully saturated rings. The monoisotopic (exact) mass is 280 g/mol. The Morgan fingerprint density at radius 1 is 1.05 bits per heavy atom. The van der Waals surface area contributed by atoms with Gasteiger partial charge in [-0.3, -0.25) is 0 Å². The minimum absolute atomic E-state index is 0.371. The van der Waals surface area contributed by atoms with Crippen molar-refractivity contribution in [3.63, 3.8) is 0 Å². The Morgan fingerprint density at radius 2 is 1.65 bits per heavy atom. The van der Waals surface area contributed by atoms with Crippen molar-refractivity contribution >= 4 is 12.2 Å². The number of nitrogens with one attached hydrogen (secondary N) is 1. The van der Waals surface area contributed by atoms with Crippen LogP contribution in [-0.2, 0) is 6.54 Å². The first-order valence-corrected chi connectivity index (χ1v) is 6.58. The minimum atomic E-state index is -0.992. The van der Waals surface area contributed by atoms with E-state index < -0.39 is 12.2 Å². The zero-order valence-electron chi connectivity index (χ0n) is 11.3. The largest absolute Gasteiger partial charge is 0.465 e. The Balaban J connectivity index is 0.000000204. The first-order chi connectivity index (χ1) is 9.59. The topological polar surface area (TPSA) is 89.9 Å². The highest BCUT2D eigenvalue weighted by atomic mass is 16.4. The number of piperidine rings is 1. The molecule has 1 aromatic carbocycles. The molecule has 0 unspecified atom stereocenters. The molecule has 6 heteroatoms. The van der Waals surface area contributed by atoms with E-state index in [4.69, 9.17) is 10.2 Å². The second-order valence-electron chi connectivity index (χ2n) is 4.47. The molecule has 3 N–H and O–H groups in total. The minimum Gasteiger partial charge on any atom is -0.465 e. The summed E-state index contributed by atoms with van der Waals surface area (Å²) in [5, 5.41) is 19.0. The molecule has 1 heterocycles. The molecule has 0 saturated carbocycles. The summed E-state index contributed by atoms with van der Waals surface area (Å²) in [5.41, 5.74) is 0.968. The molecular weight excluding hydrogens is 260 g/mol. The van der Waals surface area contributed by atoms with Gasteiger partial charge in [-0.05, 0) is 24.8 Å². The van der Waals surface area contributed by atoms with E-state index in [0.717, 1.165) is 31.5 Å². The standard InChI is InChI=1S/C8H9NO2.C6H11NO2/c10-8(11)9-6-7-4-2-1-3-5-7;8-6(9)7-4-2-1-3-5-7/h1-5,9H,6H2,(H,10,11);1-5H2,(H,8,9). The summed E-state index contributed by atoms with van der Waals surface area (Å²) in [6, 6.07) is 9.38. The number of carbonyl (C=O) groups is 2. The lowest BCUT2D eigenvalue weighted by Crippen LogP contribution is -2.34. The summed E-state index contributed by atoms with van der Waals surface area (Å²) in [6.45, 7) is 1.83. The molecule has 0 radical (unpaired) electrons. The summed E-state index contributed by atoms with van der Waals surface area (Å²) in [5.74, 6) is 0. The Labute approximate surface area is 118 Å². The fourth-order valence-corrected chi connectivity index (χ4v) is 1.86. The van der Waals surface area contributed by atoms with Crippen molar-refractivity contribution in [2.45, 2.75) is 25.8 Å². The first kappa shape index (κ1) is 15.8. The Morgan fingerprint density at radius 3 is 2.10 bits per heavy atom. The van der Waals surface area contributed by atoms with Crippen LogP contribution in [0.1, 0.15) is 24.8 Å². The molecule has 0 aliphatic carbocycles. The Bertz CT molecular complexity index is 416. The Kier molecular flexibility index (Phi) is 6.95. The van der Waals surface area contributed by atoms with Gasteiger partial charge in [-0.2, -0.15) is 0 Å². The predicted octanol–water partition coefficient (Wildman–Crippen LogP) is 2.60. The number of hydrogen-bond donors (Lipinski definition) is 3. The molecule has 0 atom stereocenters.